The van der Waals surface area contributed by atoms with Crippen molar-refractivity contribution in [1.29, 1.82) is 0 Å². The van der Waals surface area contributed by atoms with E-state index in [1.54, 1.807) is 73.4 Å². The lowest BCUT2D eigenvalue weighted by Gasteiger charge is -2.26. The fraction of sp³-hybridized carbons (Fsp3) is 0.543. The van der Waals surface area contributed by atoms with E-state index in [0.717, 1.165) is 51.4 Å². The number of carbonyl (C=O) groups is 4. The third-order valence-electron chi connectivity index (χ3n) is 16.1. The van der Waals surface area contributed by atoms with Gasteiger partial charge in [-0.05, 0) is 122 Å². The summed E-state index contributed by atoms with van der Waals surface area (Å²) < 4.78 is 23.6. The Morgan fingerprint density at radius 1 is 0.314 bits per heavy atom. The Balaban J connectivity index is 1.16. The largest absolute Gasteiger partial charge is 0.507 e. The number of aliphatic imine (C=N–C) groups is 4. The first-order valence-electron chi connectivity index (χ1n) is 30.9. The molecule has 7 rings (SSSR count). The molecule has 4 N–H and O–H groups in total. The predicted octanol–water partition coefficient (Wildman–Crippen LogP) is 14.6. The highest BCUT2D eigenvalue weighted by Gasteiger charge is 2.30. The summed E-state index contributed by atoms with van der Waals surface area (Å²) >= 11 is 0. The average molecular weight is 1180 g/mol. The number of esters is 4. The van der Waals surface area contributed by atoms with E-state index in [1.165, 1.54) is 0 Å². The van der Waals surface area contributed by atoms with Gasteiger partial charge in [0.25, 0.3) is 0 Å². The van der Waals surface area contributed by atoms with Crippen LogP contribution in [0.1, 0.15) is 243 Å². The van der Waals surface area contributed by atoms with Gasteiger partial charge in [-0.2, -0.15) is 0 Å². The van der Waals surface area contributed by atoms with E-state index in [-0.39, 0.29) is 95.8 Å². The summed E-state index contributed by atoms with van der Waals surface area (Å²) in [6.45, 7) is 23.5. The Morgan fingerprint density at radius 2 is 0.512 bits per heavy atom. The van der Waals surface area contributed by atoms with E-state index in [2.05, 4.69) is 0 Å². The van der Waals surface area contributed by atoms with Crippen molar-refractivity contribution in [3.63, 3.8) is 0 Å². The second-order valence-corrected chi connectivity index (χ2v) is 27.6. The summed E-state index contributed by atoms with van der Waals surface area (Å²) in [5.41, 5.74) is 1.83. The maximum absolute atomic E-state index is 13.4. The van der Waals surface area contributed by atoms with E-state index in [4.69, 9.17) is 38.9 Å². The molecule has 2 saturated carbocycles. The quantitative estimate of drug-likeness (QED) is 0.0950. The molecule has 4 atom stereocenters. The summed E-state index contributed by atoms with van der Waals surface area (Å²) in [6.07, 6.45) is 16.4. The van der Waals surface area contributed by atoms with Gasteiger partial charge in [-0.25, -0.2) is 0 Å². The molecule has 0 spiro atoms. The second kappa shape index (κ2) is 28.4. The fourth-order valence-corrected chi connectivity index (χ4v) is 11.2. The molecule has 2 fully saturated rings. The average Bonchev–Trinajstić information content (AvgIpc) is 2.57. The Morgan fingerprint density at radius 3 is 0.698 bits per heavy atom. The summed E-state index contributed by atoms with van der Waals surface area (Å²) in [6, 6.07) is 12.1. The van der Waals surface area contributed by atoms with Crippen molar-refractivity contribution >= 4 is 48.7 Å². The molecule has 0 aromatic heterocycles. The number of fused-ring (bicyclic) bond motifs is 10. The molecule has 16 nitrogen and oxygen atoms in total. The number of aromatic hydroxyl groups is 4. The number of hydrogen-bond acceptors (Lipinski definition) is 16. The smallest absolute Gasteiger partial charge is 0.311 e. The van der Waals surface area contributed by atoms with Crippen molar-refractivity contribution in [3.8, 4) is 46.0 Å². The van der Waals surface area contributed by atoms with Gasteiger partial charge in [0.05, 0.1) is 24.2 Å². The molecule has 4 aromatic carbocycles. The van der Waals surface area contributed by atoms with Crippen LogP contribution in [0.4, 0.5) is 0 Å². The number of rotatable bonds is 0. The minimum absolute atomic E-state index is 0.0315. The molecular weight excluding hydrogens is 1090 g/mol. The Kier molecular flexibility index (Phi) is 21.9. The Labute approximate surface area is 508 Å². The van der Waals surface area contributed by atoms with Crippen LogP contribution >= 0.6 is 0 Å². The molecule has 1 heterocycles. The van der Waals surface area contributed by atoms with E-state index in [0.29, 0.717) is 83.0 Å². The normalized spacial score (nSPS) is 20.9. The van der Waals surface area contributed by atoms with Gasteiger partial charge < -0.3 is 39.4 Å². The third-order valence-corrected chi connectivity index (χ3v) is 16.1. The number of nitrogens with zero attached hydrogens (tertiary/aromatic N) is 4. The van der Waals surface area contributed by atoms with Gasteiger partial charge in [-0.3, -0.25) is 39.1 Å². The van der Waals surface area contributed by atoms with Crippen LogP contribution in [0.2, 0.25) is 0 Å². The number of benzene rings is 4. The first-order valence-corrected chi connectivity index (χ1v) is 30.9. The molecule has 2 aliphatic carbocycles. The van der Waals surface area contributed by atoms with Gasteiger partial charge in [0.15, 0.2) is 0 Å². The van der Waals surface area contributed by atoms with Gasteiger partial charge >= 0.3 is 23.9 Å². The summed E-state index contributed by atoms with van der Waals surface area (Å²) in [5, 5.41) is 46.4. The fourth-order valence-electron chi connectivity index (χ4n) is 11.2. The van der Waals surface area contributed by atoms with Crippen LogP contribution in [0, 0.1) is 0 Å². The van der Waals surface area contributed by atoms with E-state index in [9.17, 15) is 39.6 Å². The maximum Gasteiger partial charge on any atom is 0.311 e. The maximum atomic E-state index is 13.4. The number of carbonyl (C=O) groups excluding carboxylic acids is 4. The van der Waals surface area contributed by atoms with Crippen LogP contribution in [0.3, 0.4) is 0 Å². The lowest BCUT2D eigenvalue weighted by Crippen LogP contribution is -2.27. The molecule has 8 bridgehead atoms. The standard InChI is InChI=1S/C70H92N4O12/c1-67(2,3)51-35-47-31-43(63(51)79)39-71-55-23-19-20-24-56(55)72-40-44-32-48(36-52(64(44)80)68(4,5)6)85-61(77)29-17-14-18-30-62(78)86-50-34-46(66(82)54(38-50)70(10,11)12)42-74-58-26-22-21-25-57(58)73-41-45-33-49(37-53(65(45)81)69(7,8)9)84-60(76)28-16-13-15-27-59(75)83-47/h31-42,55-58,79-82H,13-30H2,1-12H3/t55-,56-,57-,58-/m1/s1. The molecule has 0 radical (unpaired) electrons. The molecule has 1 aliphatic heterocycles. The van der Waals surface area contributed by atoms with Crippen molar-refractivity contribution in [2.75, 3.05) is 0 Å². The zero-order valence-electron chi connectivity index (χ0n) is 52.8. The highest BCUT2D eigenvalue weighted by Crippen LogP contribution is 2.41. The molecule has 4 aromatic rings. The summed E-state index contributed by atoms with van der Waals surface area (Å²) in [4.78, 5) is 73.4. The number of phenols is 4. The first kappa shape index (κ1) is 66.2. The van der Waals surface area contributed by atoms with Crippen LogP contribution in [-0.2, 0) is 40.8 Å². The van der Waals surface area contributed by atoms with E-state index >= 15 is 0 Å². The van der Waals surface area contributed by atoms with Gasteiger partial charge in [0.1, 0.15) is 46.0 Å². The van der Waals surface area contributed by atoms with Crippen LogP contribution in [0.25, 0.3) is 0 Å². The summed E-state index contributed by atoms with van der Waals surface area (Å²) in [5.74, 6) is -0.604. The molecule has 464 valence electrons. The van der Waals surface area contributed by atoms with Crippen molar-refractivity contribution in [1.82, 2.24) is 0 Å². The highest BCUT2D eigenvalue weighted by molar-refractivity contribution is 5.89. The monoisotopic (exact) mass is 1180 g/mol. The first-order chi connectivity index (χ1) is 40.4. The zero-order chi connectivity index (χ0) is 62.7. The molecule has 0 unspecified atom stereocenters. The third kappa shape index (κ3) is 18.3. The van der Waals surface area contributed by atoms with Crippen molar-refractivity contribution < 1.29 is 58.6 Å². The number of phenolic OH excluding ortho intramolecular Hbond substituents is 4. The predicted molar refractivity (Wildman–Crippen MR) is 338 cm³/mol. The van der Waals surface area contributed by atoms with Crippen molar-refractivity contribution in [3.05, 3.63) is 93.0 Å². The van der Waals surface area contributed by atoms with Crippen LogP contribution in [-0.4, -0.2) is 93.3 Å². The molecule has 0 amide bonds. The van der Waals surface area contributed by atoms with Gasteiger partial charge in [0.2, 0.25) is 0 Å². The molecule has 86 heavy (non-hydrogen) atoms. The highest BCUT2D eigenvalue weighted by atomic mass is 16.5. The van der Waals surface area contributed by atoms with Gasteiger partial charge in [0, 0.05) is 95.0 Å². The molecule has 0 saturated heterocycles. The molecular formula is C70H92N4O12. The minimum Gasteiger partial charge on any atom is -0.507 e. The molecule has 3 aliphatic rings. The second-order valence-electron chi connectivity index (χ2n) is 27.6. The van der Waals surface area contributed by atoms with Crippen molar-refractivity contribution in [2.45, 2.75) is 244 Å². The lowest BCUT2D eigenvalue weighted by atomic mass is 9.85. The molecule has 16 heteroatoms. The van der Waals surface area contributed by atoms with E-state index < -0.39 is 45.5 Å². The SMILES string of the molecule is CC(C)(C)c1cc2cc(c1O)C=N[C@@H]1CCCC[C@H]1N=Cc1cc(cc(C(C)(C)C)c1O)OC(=O)CCCCCC(=O)Oc1cc(c(O)c(C(C)(C)C)c1)C=N[C@@H]1CCCC[C@H]1N=Cc1cc(cc(C(C)(C)C)c1O)OC(=O)CCCCCC(=O)O2. The van der Waals surface area contributed by atoms with Gasteiger partial charge in [-0.15, -0.1) is 0 Å². The number of hydrogen-bond donors (Lipinski definition) is 4. The summed E-state index contributed by atoms with van der Waals surface area (Å²) in [7, 11) is 0. The van der Waals surface area contributed by atoms with Crippen molar-refractivity contribution in [2.24, 2.45) is 20.0 Å². The Hall–Kier alpha value is -7.36. The Bertz CT molecular complexity index is 2800. The van der Waals surface area contributed by atoms with Gasteiger partial charge in [-0.1, -0.05) is 122 Å². The van der Waals surface area contributed by atoms with E-state index in [1.807, 2.05) is 83.1 Å². The van der Waals surface area contributed by atoms with Crippen LogP contribution in [0.5, 0.6) is 46.0 Å². The topological polar surface area (TPSA) is 236 Å². The zero-order valence-corrected chi connectivity index (χ0v) is 52.8. The lowest BCUT2D eigenvalue weighted by molar-refractivity contribution is -0.136. The number of ether oxygens (including phenoxy) is 4. The van der Waals surface area contributed by atoms with Crippen LogP contribution in [0.15, 0.2) is 68.5 Å². The minimum atomic E-state index is -0.518. The van der Waals surface area contributed by atoms with Crippen LogP contribution < -0.4 is 18.9 Å².